The Balaban J connectivity index is 1.40. The molecule has 2 aromatic rings. The summed E-state index contributed by atoms with van der Waals surface area (Å²) >= 11 is 1.92. The van der Waals surface area contributed by atoms with Crippen LogP contribution < -0.4 is 9.80 Å². The molecule has 4 rings (SSSR count). The van der Waals surface area contributed by atoms with Crippen LogP contribution in [0.2, 0.25) is 0 Å². The van der Waals surface area contributed by atoms with Crippen molar-refractivity contribution in [3.05, 3.63) is 29.2 Å². The fraction of sp³-hybridized carbons (Fsp3) is 0.562. The van der Waals surface area contributed by atoms with Crippen LogP contribution in [0, 0.1) is 0 Å². The Bertz CT molecular complexity index is 612. The molecule has 22 heavy (non-hydrogen) atoms. The van der Waals surface area contributed by atoms with Gasteiger partial charge in [-0.15, -0.1) is 11.3 Å². The van der Waals surface area contributed by atoms with E-state index in [2.05, 4.69) is 26.8 Å². The molecule has 2 aliphatic rings. The third-order valence-electron chi connectivity index (χ3n) is 4.79. The Morgan fingerprint density at radius 3 is 2.86 bits per heavy atom. The Hall–Kier alpha value is -1.69. The molecule has 1 aliphatic heterocycles. The zero-order valence-corrected chi connectivity index (χ0v) is 13.7. The van der Waals surface area contributed by atoms with Crippen molar-refractivity contribution < 1.29 is 0 Å². The van der Waals surface area contributed by atoms with E-state index in [4.69, 9.17) is 4.98 Å². The van der Waals surface area contributed by atoms with Gasteiger partial charge >= 0.3 is 0 Å². The van der Waals surface area contributed by atoms with Gasteiger partial charge in [-0.25, -0.2) is 15.0 Å². The summed E-state index contributed by atoms with van der Waals surface area (Å²) in [5, 5.41) is 1.24. The van der Waals surface area contributed by atoms with Gasteiger partial charge in [0.25, 0.3) is 0 Å². The van der Waals surface area contributed by atoms with E-state index in [-0.39, 0.29) is 0 Å². The van der Waals surface area contributed by atoms with Crippen LogP contribution in [0.5, 0.6) is 0 Å². The minimum absolute atomic E-state index is 0.554. The maximum absolute atomic E-state index is 4.85. The second-order valence-electron chi connectivity index (χ2n) is 6.12. The molecule has 0 radical (unpaired) electrons. The van der Waals surface area contributed by atoms with Crippen molar-refractivity contribution >= 4 is 22.3 Å². The molecular formula is C16H21N5S. The number of hydrogen-bond acceptors (Lipinski definition) is 6. The van der Waals surface area contributed by atoms with Crippen molar-refractivity contribution in [2.45, 2.75) is 38.1 Å². The van der Waals surface area contributed by atoms with E-state index >= 15 is 0 Å². The highest BCUT2D eigenvalue weighted by atomic mass is 32.1. The minimum atomic E-state index is 0.554. The zero-order chi connectivity index (χ0) is 14.9. The first kappa shape index (κ1) is 13.9. The quantitative estimate of drug-likeness (QED) is 0.871. The molecule has 1 aliphatic carbocycles. The lowest BCUT2D eigenvalue weighted by atomic mass is 10.0. The second kappa shape index (κ2) is 5.83. The predicted octanol–water partition coefficient (Wildman–Crippen LogP) is 2.53. The molecule has 0 saturated carbocycles. The van der Waals surface area contributed by atoms with Crippen molar-refractivity contribution in [1.82, 2.24) is 15.0 Å². The fourth-order valence-electron chi connectivity index (χ4n) is 3.44. The van der Waals surface area contributed by atoms with Gasteiger partial charge in [0.15, 0.2) is 5.13 Å². The number of fused-ring (bicyclic) bond motifs is 1. The van der Waals surface area contributed by atoms with Crippen LogP contribution in [0.25, 0.3) is 0 Å². The summed E-state index contributed by atoms with van der Waals surface area (Å²) < 4.78 is 0. The van der Waals surface area contributed by atoms with Gasteiger partial charge in [0.1, 0.15) is 12.1 Å². The van der Waals surface area contributed by atoms with Gasteiger partial charge in [0.05, 0.1) is 5.69 Å². The summed E-state index contributed by atoms with van der Waals surface area (Å²) in [6.07, 6.45) is 9.46. The summed E-state index contributed by atoms with van der Waals surface area (Å²) in [5.41, 5.74) is 1.36. The molecule has 6 heteroatoms. The topological polar surface area (TPSA) is 45.2 Å². The predicted molar refractivity (Wildman–Crippen MR) is 89.8 cm³/mol. The number of aryl methyl sites for hydroxylation is 2. The molecule has 0 N–H and O–H groups in total. The van der Waals surface area contributed by atoms with Crippen LogP contribution in [0.3, 0.4) is 0 Å². The highest BCUT2D eigenvalue weighted by Crippen LogP contribution is 2.34. The van der Waals surface area contributed by atoms with E-state index in [0.717, 1.165) is 31.7 Å². The van der Waals surface area contributed by atoms with Gasteiger partial charge in [-0.05, 0) is 38.2 Å². The molecule has 0 bridgehead atoms. The first-order valence-corrected chi connectivity index (χ1v) is 8.85. The van der Waals surface area contributed by atoms with E-state index in [1.165, 1.54) is 35.0 Å². The first-order valence-electron chi connectivity index (χ1n) is 8.03. The van der Waals surface area contributed by atoms with Gasteiger partial charge < -0.3 is 9.80 Å². The molecule has 1 fully saturated rings. The van der Waals surface area contributed by atoms with Crippen LogP contribution in [-0.2, 0) is 12.8 Å². The Morgan fingerprint density at radius 1 is 1.27 bits per heavy atom. The molecule has 5 nitrogen and oxygen atoms in total. The van der Waals surface area contributed by atoms with Crippen molar-refractivity contribution in [1.29, 1.82) is 0 Å². The third-order valence-corrected chi connectivity index (χ3v) is 6.01. The van der Waals surface area contributed by atoms with E-state index in [9.17, 15) is 0 Å². The number of anilines is 2. The summed E-state index contributed by atoms with van der Waals surface area (Å²) in [7, 11) is 2.14. The number of aromatic nitrogens is 3. The molecule has 0 atom stereocenters. The number of hydrogen-bond donors (Lipinski definition) is 0. The number of thiazole rings is 1. The molecule has 1 saturated heterocycles. The smallest absolute Gasteiger partial charge is 0.185 e. The van der Waals surface area contributed by atoms with E-state index < -0.39 is 0 Å². The summed E-state index contributed by atoms with van der Waals surface area (Å²) in [6.45, 7) is 2.18. The maximum Gasteiger partial charge on any atom is 0.185 e. The highest BCUT2D eigenvalue weighted by Gasteiger charge is 2.26. The van der Waals surface area contributed by atoms with Gasteiger partial charge in [-0.2, -0.15) is 0 Å². The van der Waals surface area contributed by atoms with Crippen LogP contribution in [0.1, 0.15) is 29.8 Å². The first-order chi connectivity index (χ1) is 10.8. The molecule has 116 valence electrons. The average molecular weight is 315 g/mol. The van der Waals surface area contributed by atoms with Crippen LogP contribution in [0.4, 0.5) is 10.9 Å². The summed E-state index contributed by atoms with van der Waals surface area (Å²) in [4.78, 5) is 19.5. The van der Waals surface area contributed by atoms with Gasteiger partial charge in [0.2, 0.25) is 0 Å². The Labute approximate surface area is 135 Å². The van der Waals surface area contributed by atoms with Gasteiger partial charge in [-0.1, -0.05) is 0 Å². The van der Waals surface area contributed by atoms with Crippen molar-refractivity contribution in [2.75, 3.05) is 29.9 Å². The van der Waals surface area contributed by atoms with E-state index in [0.29, 0.717) is 6.04 Å². The number of piperidine rings is 1. The Morgan fingerprint density at radius 2 is 2.14 bits per heavy atom. The number of nitrogens with zero attached hydrogens (tertiary/aromatic N) is 5. The van der Waals surface area contributed by atoms with E-state index in [1.807, 2.05) is 23.6 Å². The lowest BCUT2D eigenvalue weighted by Crippen LogP contribution is -2.43. The van der Waals surface area contributed by atoms with Crippen LogP contribution >= 0.6 is 11.3 Å². The molecule has 0 aromatic carbocycles. The second-order valence-corrected chi connectivity index (χ2v) is 7.18. The van der Waals surface area contributed by atoms with Crippen molar-refractivity contribution in [3.63, 3.8) is 0 Å². The summed E-state index contributed by atoms with van der Waals surface area (Å²) in [6, 6.07) is 2.54. The lowest BCUT2D eigenvalue weighted by molar-refractivity contribution is 0.479. The monoisotopic (exact) mass is 315 g/mol. The SMILES string of the molecule is CN(c1ccncn1)C1CCN(c2nc3c(s2)CCC3)CC1. The highest BCUT2D eigenvalue weighted by molar-refractivity contribution is 7.15. The van der Waals surface area contributed by atoms with Crippen molar-refractivity contribution in [2.24, 2.45) is 0 Å². The average Bonchev–Trinajstić information content (AvgIpc) is 3.17. The van der Waals surface area contributed by atoms with Crippen molar-refractivity contribution in [3.8, 4) is 0 Å². The molecule has 2 aromatic heterocycles. The lowest BCUT2D eigenvalue weighted by Gasteiger charge is -2.37. The zero-order valence-electron chi connectivity index (χ0n) is 12.9. The largest absolute Gasteiger partial charge is 0.356 e. The maximum atomic E-state index is 4.85. The number of rotatable bonds is 3. The van der Waals surface area contributed by atoms with Gasteiger partial charge in [0, 0.05) is 37.3 Å². The van der Waals surface area contributed by atoms with Crippen LogP contribution in [0.15, 0.2) is 18.6 Å². The minimum Gasteiger partial charge on any atom is -0.356 e. The Kier molecular flexibility index (Phi) is 3.70. The van der Waals surface area contributed by atoms with Crippen LogP contribution in [-0.4, -0.2) is 41.1 Å². The summed E-state index contributed by atoms with van der Waals surface area (Å²) in [5.74, 6) is 1.02. The molecule has 0 amide bonds. The standard InChI is InChI=1S/C16H21N5S/c1-20(15-5-8-17-11-18-15)12-6-9-21(10-7-12)16-19-13-3-2-4-14(13)22-16/h5,8,11-12H,2-4,6-7,9-10H2,1H3. The fourth-order valence-corrected chi connectivity index (χ4v) is 4.64. The normalized spacial score (nSPS) is 18.5. The molecule has 3 heterocycles. The molecule has 0 unspecified atom stereocenters. The van der Waals surface area contributed by atoms with Gasteiger partial charge in [-0.3, -0.25) is 0 Å². The molecular weight excluding hydrogens is 294 g/mol. The molecule has 0 spiro atoms. The third kappa shape index (κ3) is 2.56. The van der Waals surface area contributed by atoms with E-state index in [1.54, 1.807) is 6.33 Å².